The molecule has 2 heterocycles. The summed E-state index contributed by atoms with van der Waals surface area (Å²) in [5, 5.41) is 2.82. The zero-order valence-corrected chi connectivity index (χ0v) is 19.6. The van der Waals surface area contributed by atoms with Gasteiger partial charge in [-0.15, -0.1) is 0 Å². The van der Waals surface area contributed by atoms with Gasteiger partial charge < -0.3 is 15.1 Å². The second-order valence-electron chi connectivity index (χ2n) is 7.90. The number of hydrogen-bond donors (Lipinski definition) is 1. The average Bonchev–Trinajstić information content (AvgIpc) is 3.07. The van der Waals surface area contributed by atoms with Gasteiger partial charge in [0, 0.05) is 36.2 Å². The van der Waals surface area contributed by atoms with Crippen molar-refractivity contribution in [3.8, 4) is 0 Å². The molecule has 0 aliphatic carbocycles. The number of anilines is 2. The third-order valence-corrected chi connectivity index (χ3v) is 6.04. The van der Waals surface area contributed by atoms with Crippen molar-refractivity contribution in [3.63, 3.8) is 0 Å². The summed E-state index contributed by atoms with van der Waals surface area (Å²) in [6, 6.07) is 17.0. The van der Waals surface area contributed by atoms with E-state index >= 15 is 0 Å². The molecule has 6 nitrogen and oxygen atoms in total. The van der Waals surface area contributed by atoms with Gasteiger partial charge in [-0.25, -0.2) is 9.37 Å². The Bertz CT molecular complexity index is 1100. The first kappa shape index (κ1) is 22.9. The molecule has 1 aromatic heterocycles. The lowest BCUT2D eigenvalue weighted by molar-refractivity contribution is -0.115. The predicted octanol–water partition coefficient (Wildman–Crippen LogP) is 4.52. The number of rotatable bonds is 5. The number of hydrogen-bond acceptors (Lipinski definition) is 4. The van der Waals surface area contributed by atoms with Gasteiger partial charge in [0.2, 0.25) is 5.91 Å². The van der Waals surface area contributed by atoms with Gasteiger partial charge in [-0.05, 0) is 60.5 Å². The summed E-state index contributed by atoms with van der Waals surface area (Å²) in [4.78, 5) is 33.6. The maximum absolute atomic E-state index is 13.0. The van der Waals surface area contributed by atoms with Gasteiger partial charge in [-0.3, -0.25) is 9.59 Å². The molecule has 0 bridgehead atoms. The van der Waals surface area contributed by atoms with Crippen LogP contribution in [0.5, 0.6) is 0 Å². The second-order valence-corrected chi connectivity index (χ2v) is 8.81. The van der Waals surface area contributed by atoms with Crippen LogP contribution in [-0.2, 0) is 11.2 Å². The predicted molar refractivity (Wildman–Crippen MR) is 130 cm³/mol. The highest BCUT2D eigenvalue weighted by atomic mass is 79.9. The highest BCUT2D eigenvalue weighted by molar-refractivity contribution is 9.10. The van der Waals surface area contributed by atoms with E-state index in [1.165, 1.54) is 12.1 Å². The molecule has 1 aliphatic heterocycles. The summed E-state index contributed by atoms with van der Waals surface area (Å²) in [6.45, 7) is 2.80. The minimum atomic E-state index is -0.326. The van der Waals surface area contributed by atoms with Gasteiger partial charge in [0.15, 0.2) is 0 Å². The molecule has 1 fully saturated rings. The Balaban J connectivity index is 1.32. The lowest BCUT2D eigenvalue weighted by Crippen LogP contribution is -2.35. The molecular formula is C25H24BrFN4O2. The fourth-order valence-electron chi connectivity index (χ4n) is 3.76. The smallest absolute Gasteiger partial charge is 0.253 e. The van der Waals surface area contributed by atoms with Gasteiger partial charge in [-0.2, -0.15) is 0 Å². The van der Waals surface area contributed by atoms with Crippen LogP contribution in [0.15, 0.2) is 71.3 Å². The molecule has 0 unspecified atom stereocenters. The summed E-state index contributed by atoms with van der Waals surface area (Å²) in [6.07, 6.45) is 2.64. The third-order valence-electron chi connectivity index (χ3n) is 5.51. The summed E-state index contributed by atoms with van der Waals surface area (Å²) in [5.74, 6) is 0.335. The van der Waals surface area contributed by atoms with E-state index in [2.05, 4.69) is 31.1 Å². The summed E-state index contributed by atoms with van der Waals surface area (Å²) < 4.78 is 14.0. The monoisotopic (exact) mass is 510 g/mol. The Morgan fingerprint density at radius 3 is 2.39 bits per heavy atom. The van der Waals surface area contributed by atoms with Gasteiger partial charge >= 0.3 is 0 Å². The topological polar surface area (TPSA) is 65.5 Å². The fraction of sp³-hybridized carbons (Fsp3) is 0.240. The van der Waals surface area contributed by atoms with E-state index in [0.29, 0.717) is 30.9 Å². The van der Waals surface area contributed by atoms with Crippen LogP contribution in [0.2, 0.25) is 0 Å². The SMILES string of the molecule is O=C(Cc1ccc(F)cc1)Nc1ccc(N2CCCN(C(=O)c3ccc(Br)cc3)CC2)nc1. The van der Waals surface area contributed by atoms with Crippen molar-refractivity contribution in [2.24, 2.45) is 0 Å². The molecular weight excluding hydrogens is 487 g/mol. The summed E-state index contributed by atoms with van der Waals surface area (Å²) in [7, 11) is 0. The van der Waals surface area contributed by atoms with Gasteiger partial charge in [-0.1, -0.05) is 28.1 Å². The highest BCUT2D eigenvalue weighted by Gasteiger charge is 2.21. The van der Waals surface area contributed by atoms with Crippen LogP contribution in [0.4, 0.5) is 15.9 Å². The highest BCUT2D eigenvalue weighted by Crippen LogP contribution is 2.18. The van der Waals surface area contributed by atoms with Crippen molar-refractivity contribution in [3.05, 3.63) is 88.3 Å². The molecule has 0 atom stereocenters. The minimum Gasteiger partial charge on any atom is -0.355 e. The number of carbonyl (C=O) groups excluding carboxylic acids is 2. The van der Waals surface area contributed by atoms with E-state index in [9.17, 15) is 14.0 Å². The number of nitrogens with one attached hydrogen (secondary N) is 1. The number of pyridine rings is 1. The normalized spacial score (nSPS) is 14.0. The molecule has 2 aromatic carbocycles. The number of nitrogens with zero attached hydrogens (tertiary/aromatic N) is 3. The largest absolute Gasteiger partial charge is 0.355 e. The molecule has 1 aliphatic rings. The molecule has 170 valence electrons. The first-order valence-corrected chi connectivity index (χ1v) is 11.6. The second kappa shape index (κ2) is 10.6. The molecule has 2 amide bonds. The zero-order chi connectivity index (χ0) is 23.2. The van der Waals surface area contributed by atoms with Crippen molar-refractivity contribution in [1.29, 1.82) is 0 Å². The van der Waals surface area contributed by atoms with Crippen LogP contribution in [0.25, 0.3) is 0 Å². The van der Waals surface area contributed by atoms with Gasteiger partial charge in [0.05, 0.1) is 18.3 Å². The summed E-state index contributed by atoms with van der Waals surface area (Å²) in [5.41, 5.74) is 2.03. The quantitative estimate of drug-likeness (QED) is 0.548. The summed E-state index contributed by atoms with van der Waals surface area (Å²) >= 11 is 3.40. The van der Waals surface area contributed by atoms with Gasteiger partial charge in [0.25, 0.3) is 5.91 Å². The van der Waals surface area contributed by atoms with Gasteiger partial charge in [0.1, 0.15) is 11.6 Å². The van der Waals surface area contributed by atoms with Crippen LogP contribution >= 0.6 is 15.9 Å². The molecule has 3 aromatic rings. The van der Waals surface area contributed by atoms with Crippen LogP contribution in [0.3, 0.4) is 0 Å². The number of amides is 2. The molecule has 8 heteroatoms. The standard InChI is InChI=1S/C25H24BrFN4O2/c26-20-6-4-19(5-7-20)25(33)31-13-1-12-30(14-15-31)23-11-10-22(17-28-23)29-24(32)16-18-2-8-21(27)9-3-18/h2-11,17H,1,12-16H2,(H,29,32). The third kappa shape index (κ3) is 6.16. The molecule has 0 saturated carbocycles. The molecule has 33 heavy (non-hydrogen) atoms. The first-order valence-electron chi connectivity index (χ1n) is 10.8. The lowest BCUT2D eigenvalue weighted by atomic mass is 10.1. The number of benzene rings is 2. The Kier molecular flexibility index (Phi) is 7.34. The fourth-order valence-corrected chi connectivity index (χ4v) is 4.03. The van der Waals surface area contributed by atoms with E-state index in [0.717, 1.165) is 28.8 Å². The van der Waals surface area contributed by atoms with E-state index < -0.39 is 0 Å². The lowest BCUT2D eigenvalue weighted by Gasteiger charge is -2.23. The van der Waals surface area contributed by atoms with E-state index in [1.807, 2.05) is 41.3 Å². The maximum atomic E-state index is 13.0. The number of aromatic nitrogens is 1. The zero-order valence-electron chi connectivity index (χ0n) is 18.0. The van der Waals surface area contributed by atoms with Crippen molar-refractivity contribution in [2.45, 2.75) is 12.8 Å². The Hall–Kier alpha value is -3.26. The Morgan fingerprint density at radius 1 is 0.939 bits per heavy atom. The van der Waals surface area contributed by atoms with Crippen molar-refractivity contribution < 1.29 is 14.0 Å². The van der Waals surface area contributed by atoms with Crippen LogP contribution in [0.1, 0.15) is 22.3 Å². The van der Waals surface area contributed by atoms with Crippen molar-refractivity contribution >= 4 is 39.2 Å². The molecule has 0 spiro atoms. The molecule has 4 rings (SSSR count). The van der Waals surface area contributed by atoms with Crippen molar-refractivity contribution in [1.82, 2.24) is 9.88 Å². The van der Waals surface area contributed by atoms with Crippen molar-refractivity contribution in [2.75, 3.05) is 36.4 Å². The number of carbonyl (C=O) groups is 2. The van der Waals surface area contributed by atoms with E-state index in [4.69, 9.17) is 0 Å². The minimum absolute atomic E-state index is 0.0384. The Labute approximate surface area is 200 Å². The Morgan fingerprint density at radius 2 is 1.70 bits per heavy atom. The number of halogens is 2. The molecule has 0 radical (unpaired) electrons. The average molecular weight is 511 g/mol. The van der Waals surface area contributed by atoms with E-state index in [-0.39, 0.29) is 24.1 Å². The van der Waals surface area contributed by atoms with Crippen LogP contribution in [0, 0.1) is 5.82 Å². The first-order chi connectivity index (χ1) is 16.0. The molecule has 1 N–H and O–H groups in total. The van der Waals surface area contributed by atoms with E-state index in [1.54, 1.807) is 18.3 Å². The maximum Gasteiger partial charge on any atom is 0.253 e. The molecule has 1 saturated heterocycles. The van der Waals surface area contributed by atoms with Crippen LogP contribution in [-0.4, -0.2) is 47.9 Å². The van der Waals surface area contributed by atoms with Crippen LogP contribution < -0.4 is 10.2 Å².